The van der Waals surface area contributed by atoms with Crippen molar-refractivity contribution in [3.05, 3.63) is 48.3 Å². The number of rotatable bonds is 4. The lowest BCUT2D eigenvalue weighted by atomic mass is 10.4. The number of nitrogen functional groups attached to an aromatic ring is 1. The zero-order valence-electron chi connectivity index (χ0n) is 9.37. The summed E-state index contributed by atoms with van der Waals surface area (Å²) in [4.78, 5) is 26.4. The van der Waals surface area contributed by atoms with Gasteiger partial charge in [0.2, 0.25) is 0 Å². The predicted molar refractivity (Wildman–Crippen MR) is 74.1 cm³/mol. The van der Waals surface area contributed by atoms with E-state index in [2.05, 4.69) is 26.3 Å². The highest BCUT2D eigenvalue weighted by atomic mass is 79.9. The van der Waals surface area contributed by atoms with Crippen LogP contribution >= 0.6 is 27.3 Å². The smallest absolute Gasteiger partial charge is 0.333 e. The maximum absolute atomic E-state index is 11.5. The molecule has 2 heterocycles. The van der Waals surface area contributed by atoms with Crippen LogP contribution in [0.3, 0.4) is 0 Å². The first-order valence-corrected chi connectivity index (χ1v) is 6.57. The quantitative estimate of drug-likeness (QED) is 0.490. The third kappa shape index (κ3) is 2.97. The second kappa shape index (κ2) is 5.47. The third-order valence-corrected chi connectivity index (χ3v) is 3.71. The van der Waals surface area contributed by atoms with Gasteiger partial charge in [-0.25, -0.2) is 10.8 Å². The van der Waals surface area contributed by atoms with Gasteiger partial charge in [-0.3, -0.25) is 20.3 Å². The molecule has 2 aromatic rings. The first-order chi connectivity index (χ1) is 9.01. The molecule has 0 radical (unpaired) electrons. The molecule has 0 atom stereocenters. The number of hydrogen-bond acceptors (Lipinski definition) is 7. The lowest BCUT2D eigenvalue weighted by Gasteiger charge is -2.04. The minimum absolute atomic E-state index is 0.142. The van der Waals surface area contributed by atoms with Gasteiger partial charge in [0, 0.05) is 17.3 Å². The molecule has 8 nitrogen and oxygen atoms in total. The van der Waals surface area contributed by atoms with E-state index in [4.69, 9.17) is 5.84 Å². The Balaban J connectivity index is 2.35. The van der Waals surface area contributed by atoms with E-state index in [1.165, 1.54) is 28.3 Å². The molecule has 0 spiro atoms. The molecule has 2 rings (SSSR count). The van der Waals surface area contributed by atoms with Crippen LogP contribution in [0.4, 0.5) is 10.8 Å². The highest BCUT2D eigenvalue weighted by Crippen LogP contribution is 2.19. The molecule has 0 aliphatic rings. The molecule has 19 heavy (non-hydrogen) atoms. The molecule has 2 aromatic heterocycles. The highest BCUT2D eigenvalue weighted by Gasteiger charge is 2.16. The van der Waals surface area contributed by atoms with Gasteiger partial charge < -0.3 is 4.57 Å². The lowest BCUT2D eigenvalue weighted by Crippen LogP contribution is -2.13. The molecule has 0 saturated carbocycles. The van der Waals surface area contributed by atoms with E-state index < -0.39 is 16.0 Å². The van der Waals surface area contributed by atoms with Gasteiger partial charge in [0.1, 0.15) is 0 Å². The summed E-state index contributed by atoms with van der Waals surface area (Å²) in [7, 11) is 0. The largest absolute Gasteiger partial charge is 0.342 e. The van der Waals surface area contributed by atoms with Crippen molar-refractivity contribution in [2.24, 2.45) is 5.84 Å². The van der Waals surface area contributed by atoms with Crippen molar-refractivity contribution in [1.29, 1.82) is 0 Å². The average molecular weight is 346 g/mol. The Hall–Kier alpha value is -1.78. The Morgan fingerprint density at radius 3 is 2.89 bits per heavy atom. The normalized spacial score (nSPS) is 10.4. The van der Waals surface area contributed by atoms with E-state index in [0.717, 1.165) is 4.88 Å². The van der Waals surface area contributed by atoms with Crippen molar-refractivity contribution in [3.63, 3.8) is 0 Å². The SMILES string of the molecule is NNc1ncc(Cn2cc(Br)c(=O)c([N+](=O)[O-])c2)s1. The molecule has 100 valence electrons. The number of nitrogens with one attached hydrogen (secondary N) is 1. The molecule has 0 bridgehead atoms. The number of hydrogen-bond donors (Lipinski definition) is 2. The van der Waals surface area contributed by atoms with E-state index in [-0.39, 0.29) is 4.47 Å². The molecule has 10 heteroatoms. The molecule has 0 amide bonds. The second-order valence-electron chi connectivity index (χ2n) is 3.53. The van der Waals surface area contributed by atoms with Crippen LogP contribution < -0.4 is 16.7 Å². The minimum atomic E-state index is -0.705. The Bertz CT molecular complexity index is 683. The van der Waals surface area contributed by atoms with Crippen LogP contribution in [0, 0.1) is 10.1 Å². The van der Waals surface area contributed by atoms with Crippen LogP contribution in [0.2, 0.25) is 0 Å². The molecule has 0 aliphatic heterocycles. The van der Waals surface area contributed by atoms with Crippen LogP contribution in [0.25, 0.3) is 0 Å². The summed E-state index contributed by atoms with van der Waals surface area (Å²) in [5.41, 5.74) is 1.29. The van der Waals surface area contributed by atoms with Crippen molar-refractivity contribution >= 4 is 38.1 Å². The molecule has 0 saturated heterocycles. The first kappa shape index (κ1) is 13.6. The maximum Gasteiger partial charge on any atom is 0.333 e. The number of pyridine rings is 1. The Morgan fingerprint density at radius 2 is 2.32 bits per heavy atom. The summed E-state index contributed by atoms with van der Waals surface area (Å²) in [6.45, 7) is 0.360. The van der Waals surface area contributed by atoms with Gasteiger partial charge in [-0.05, 0) is 15.9 Å². The summed E-state index contributed by atoms with van der Waals surface area (Å²) in [6, 6.07) is 0. The van der Waals surface area contributed by atoms with Crippen LogP contribution in [0.15, 0.2) is 27.9 Å². The topological polar surface area (TPSA) is 116 Å². The third-order valence-electron chi connectivity index (χ3n) is 2.23. The van der Waals surface area contributed by atoms with E-state index in [1.807, 2.05) is 0 Å². The number of hydrazine groups is 1. The van der Waals surface area contributed by atoms with Crippen molar-refractivity contribution in [3.8, 4) is 0 Å². The molecular weight excluding hydrogens is 338 g/mol. The molecule has 0 fully saturated rings. The fourth-order valence-electron chi connectivity index (χ4n) is 1.43. The Kier molecular flexibility index (Phi) is 3.93. The van der Waals surface area contributed by atoms with Crippen molar-refractivity contribution in [1.82, 2.24) is 9.55 Å². The summed E-state index contributed by atoms with van der Waals surface area (Å²) < 4.78 is 1.68. The first-order valence-electron chi connectivity index (χ1n) is 4.96. The number of aromatic nitrogens is 2. The van der Waals surface area contributed by atoms with Gasteiger partial charge >= 0.3 is 5.69 Å². The number of nitro groups is 1. The second-order valence-corrected chi connectivity index (χ2v) is 5.50. The fraction of sp³-hybridized carbons (Fsp3) is 0.111. The van der Waals surface area contributed by atoms with Gasteiger partial charge in [0.15, 0.2) is 5.13 Å². The summed E-state index contributed by atoms with van der Waals surface area (Å²) in [6.07, 6.45) is 4.30. The Morgan fingerprint density at radius 1 is 1.58 bits per heavy atom. The zero-order chi connectivity index (χ0) is 14.0. The number of thiazole rings is 1. The highest BCUT2D eigenvalue weighted by molar-refractivity contribution is 9.10. The van der Waals surface area contributed by atoms with Gasteiger partial charge in [0.05, 0.1) is 22.1 Å². The van der Waals surface area contributed by atoms with Gasteiger partial charge in [0.25, 0.3) is 5.43 Å². The number of nitrogens with two attached hydrogens (primary N) is 1. The summed E-state index contributed by atoms with van der Waals surface area (Å²) >= 11 is 4.34. The van der Waals surface area contributed by atoms with Crippen LogP contribution in [0.1, 0.15) is 4.88 Å². The molecular formula is C9H8BrN5O3S. The fourth-order valence-corrected chi connectivity index (χ4v) is 2.63. The molecule has 3 N–H and O–H groups in total. The standard InChI is InChI=1S/C9H8BrN5O3S/c10-6-3-14(4-7(8(6)16)15(17)18)2-5-1-12-9(13-11)19-5/h1,3-4H,2,11H2,(H,12,13). The number of anilines is 1. The van der Waals surface area contributed by atoms with Crippen LogP contribution in [-0.4, -0.2) is 14.5 Å². The lowest BCUT2D eigenvalue weighted by molar-refractivity contribution is -0.386. The molecule has 0 aromatic carbocycles. The monoisotopic (exact) mass is 345 g/mol. The predicted octanol–water partition coefficient (Wildman–Crippen LogP) is 1.31. The van der Waals surface area contributed by atoms with Crippen molar-refractivity contribution < 1.29 is 4.92 Å². The van der Waals surface area contributed by atoms with Crippen molar-refractivity contribution in [2.75, 3.05) is 5.43 Å². The molecule has 0 unspecified atom stereocenters. The van der Waals surface area contributed by atoms with Crippen LogP contribution in [-0.2, 0) is 6.54 Å². The van der Waals surface area contributed by atoms with E-state index in [0.29, 0.717) is 11.7 Å². The zero-order valence-corrected chi connectivity index (χ0v) is 11.8. The van der Waals surface area contributed by atoms with Gasteiger partial charge in [-0.15, -0.1) is 0 Å². The van der Waals surface area contributed by atoms with E-state index >= 15 is 0 Å². The average Bonchev–Trinajstić information content (AvgIpc) is 2.81. The van der Waals surface area contributed by atoms with E-state index in [9.17, 15) is 14.9 Å². The minimum Gasteiger partial charge on any atom is -0.342 e. The number of nitrogens with zero attached hydrogens (tertiary/aromatic N) is 3. The number of halogens is 1. The van der Waals surface area contributed by atoms with Gasteiger partial charge in [-0.1, -0.05) is 11.3 Å². The summed E-state index contributed by atoms with van der Waals surface area (Å²) in [5.74, 6) is 5.22. The van der Waals surface area contributed by atoms with Gasteiger partial charge in [-0.2, -0.15) is 0 Å². The Labute approximate surface area is 119 Å². The summed E-state index contributed by atoms with van der Waals surface area (Å²) in [5, 5.41) is 11.3. The molecule has 0 aliphatic carbocycles. The maximum atomic E-state index is 11.5. The van der Waals surface area contributed by atoms with Crippen LogP contribution in [0.5, 0.6) is 0 Å². The van der Waals surface area contributed by atoms with Crippen molar-refractivity contribution in [2.45, 2.75) is 6.54 Å². The van der Waals surface area contributed by atoms with E-state index in [1.54, 1.807) is 6.20 Å².